The summed E-state index contributed by atoms with van der Waals surface area (Å²) in [6, 6.07) is 2.89. The molecule has 0 fully saturated rings. The Morgan fingerprint density at radius 2 is 2.04 bits per heavy atom. The van der Waals surface area contributed by atoms with Crippen molar-refractivity contribution in [3.8, 4) is 0 Å². The van der Waals surface area contributed by atoms with Crippen molar-refractivity contribution in [2.75, 3.05) is 6.54 Å². The molecule has 9 nitrogen and oxygen atoms in total. The summed E-state index contributed by atoms with van der Waals surface area (Å²) < 4.78 is 1.52. The Labute approximate surface area is 137 Å². The van der Waals surface area contributed by atoms with Gasteiger partial charge < -0.3 is 10.4 Å². The van der Waals surface area contributed by atoms with Crippen molar-refractivity contribution >= 4 is 23.2 Å². The lowest BCUT2D eigenvalue weighted by atomic mass is 10.2. The summed E-state index contributed by atoms with van der Waals surface area (Å²) in [4.78, 5) is 36.7. The van der Waals surface area contributed by atoms with Crippen molar-refractivity contribution in [1.82, 2.24) is 14.7 Å². The molecule has 0 aromatic carbocycles. The number of carboxylic acids is 1. The van der Waals surface area contributed by atoms with Crippen LogP contribution in [0.2, 0.25) is 0 Å². The molecule has 0 atom stereocenters. The van der Waals surface area contributed by atoms with Gasteiger partial charge in [0.25, 0.3) is 5.69 Å². The lowest BCUT2D eigenvalue weighted by Crippen LogP contribution is -2.26. The van der Waals surface area contributed by atoms with Gasteiger partial charge in [-0.25, -0.2) is 4.98 Å². The SMILES string of the molecule is O=C(O)CCCCCNC(=O)Cc1cn2cc([N+](=O)[O-])ccc2n1. The third-order valence-corrected chi connectivity index (χ3v) is 3.43. The molecule has 1 amide bonds. The number of carboxylic acid groups (broad SMARTS) is 1. The van der Waals surface area contributed by atoms with Gasteiger partial charge in [0.1, 0.15) is 5.65 Å². The van der Waals surface area contributed by atoms with E-state index in [1.165, 1.54) is 22.7 Å². The van der Waals surface area contributed by atoms with Gasteiger partial charge in [-0.3, -0.25) is 24.1 Å². The lowest BCUT2D eigenvalue weighted by Gasteiger charge is -2.03. The van der Waals surface area contributed by atoms with E-state index in [4.69, 9.17) is 5.11 Å². The average Bonchev–Trinajstić information content (AvgIpc) is 2.91. The molecule has 128 valence electrons. The second kappa shape index (κ2) is 8.04. The summed E-state index contributed by atoms with van der Waals surface area (Å²) in [7, 11) is 0. The fraction of sp³-hybridized carbons (Fsp3) is 0.400. The van der Waals surface area contributed by atoms with Crippen molar-refractivity contribution < 1.29 is 19.6 Å². The van der Waals surface area contributed by atoms with Crippen LogP contribution >= 0.6 is 0 Å². The molecule has 0 saturated carbocycles. The fourth-order valence-electron chi connectivity index (χ4n) is 2.26. The predicted molar refractivity (Wildman–Crippen MR) is 84.7 cm³/mol. The zero-order valence-electron chi connectivity index (χ0n) is 13.0. The van der Waals surface area contributed by atoms with E-state index in [9.17, 15) is 19.7 Å². The maximum absolute atomic E-state index is 11.8. The first-order chi connectivity index (χ1) is 11.5. The minimum absolute atomic E-state index is 0.0442. The molecule has 0 aliphatic carbocycles. The molecule has 2 heterocycles. The van der Waals surface area contributed by atoms with E-state index in [-0.39, 0.29) is 24.4 Å². The Morgan fingerprint density at radius 1 is 1.25 bits per heavy atom. The molecule has 0 saturated heterocycles. The van der Waals surface area contributed by atoms with Gasteiger partial charge in [0, 0.05) is 25.2 Å². The highest BCUT2D eigenvalue weighted by atomic mass is 16.6. The Bertz CT molecular complexity index is 755. The topological polar surface area (TPSA) is 127 Å². The maximum atomic E-state index is 11.8. The summed E-state index contributed by atoms with van der Waals surface area (Å²) >= 11 is 0. The summed E-state index contributed by atoms with van der Waals surface area (Å²) in [6.07, 6.45) is 5.23. The van der Waals surface area contributed by atoms with Crippen molar-refractivity contribution in [3.05, 3.63) is 40.3 Å². The van der Waals surface area contributed by atoms with Crippen molar-refractivity contribution in [1.29, 1.82) is 0 Å². The number of rotatable bonds is 9. The number of hydrogen-bond acceptors (Lipinski definition) is 5. The molecule has 2 rings (SSSR count). The molecule has 9 heteroatoms. The van der Waals surface area contributed by atoms with Gasteiger partial charge in [-0.05, 0) is 18.9 Å². The Hall–Kier alpha value is -2.97. The van der Waals surface area contributed by atoms with Gasteiger partial charge in [0.15, 0.2) is 0 Å². The number of aliphatic carboxylic acids is 1. The highest BCUT2D eigenvalue weighted by molar-refractivity contribution is 5.78. The number of aromatic nitrogens is 2. The molecule has 24 heavy (non-hydrogen) atoms. The minimum Gasteiger partial charge on any atom is -0.481 e. The van der Waals surface area contributed by atoms with Crippen LogP contribution in [-0.4, -0.2) is 37.8 Å². The first-order valence-corrected chi connectivity index (χ1v) is 7.56. The number of carbonyl (C=O) groups is 2. The van der Waals surface area contributed by atoms with Crippen LogP contribution < -0.4 is 5.32 Å². The molecular weight excluding hydrogens is 316 g/mol. The molecule has 0 radical (unpaired) electrons. The number of pyridine rings is 1. The molecule has 2 aromatic heterocycles. The molecule has 2 aromatic rings. The minimum atomic E-state index is -0.814. The van der Waals surface area contributed by atoms with Gasteiger partial charge in [-0.15, -0.1) is 0 Å². The number of nitrogens with zero attached hydrogens (tertiary/aromatic N) is 3. The zero-order valence-corrected chi connectivity index (χ0v) is 13.0. The molecule has 2 N–H and O–H groups in total. The third-order valence-electron chi connectivity index (χ3n) is 3.43. The molecule has 0 bridgehead atoms. The summed E-state index contributed by atoms with van der Waals surface area (Å²) in [6.45, 7) is 0.483. The normalized spacial score (nSPS) is 10.7. The van der Waals surface area contributed by atoms with Crippen LogP contribution in [0.15, 0.2) is 24.5 Å². The molecule has 0 unspecified atom stereocenters. The molecule has 0 aliphatic rings. The van der Waals surface area contributed by atoms with Crippen LogP contribution in [0.25, 0.3) is 5.65 Å². The smallest absolute Gasteiger partial charge is 0.303 e. The van der Waals surface area contributed by atoms with Gasteiger partial charge in [-0.2, -0.15) is 0 Å². The third kappa shape index (κ3) is 5.04. The van der Waals surface area contributed by atoms with Crippen LogP contribution in [0.1, 0.15) is 31.4 Å². The monoisotopic (exact) mass is 334 g/mol. The Balaban J connectivity index is 1.80. The molecule has 0 aliphatic heterocycles. The summed E-state index contributed by atoms with van der Waals surface area (Å²) in [5, 5.41) is 22.0. The summed E-state index contributed by atoms with van der Waals surface area (Å²) in [5.41, 5.74) is 1.02. The van der Waals surface area contributed by atoms with Crippen LogP contribution in [0.4, 0.5) is 5.69 Å². The van der Waals surface area contributed by atoms with Gasteiger partial charge in [0.05, 0.1) is 23.2 Å². The Morgan fingerprint density at radius 3 is 2.75 bits per heavy atom. The number of amides is 1. The van der Waals surface area contributed by atoms with Gasteiger partial charge in [0.2, 0.25) is 5.91 Å². The number of hydrogen-bond donors (Lipinski definition) is 2. The van der Waals surface area contributed by atoms with Crippen LogP contribution in [-0.2, 0) is 16.0 Å². The van der Waals surface area contributed by atoms with Crippen LogP contribution in [0, 0.1) is 10.1 Å². The van der Waals surface area contributed by atoms with E-state index < -0.39 is 10.9 Å². The lowest BCUT2D eigenvalue weighted by molar-refractivity contribution is -0.385. The number of nitro groups is 1. The quantitative estimate of drug-likeness (QED) is 0.407. The number of nitrogens with one attached hydrogen (secondary N) is 1. The predicted octanol–water partition coefficient (Wildman–Crippen LogP) is 1.55. The first-order valence-electron chi connectivity index (χ1n) is 7.56. The largest absolute Gasteiger partial charge is 0.481 e. The molecule has 0 spiro atoms. The van der Waals surface area contributed by atoms with E-state index in [0.717, 1.165) is 12.8 Å². The van der Waals surface area contributed by atoms with E-state index in [0.29, 0.717) is 24.3 Å². The van der Waals surface area contributed by atoms with E-state index >= 15 is 0 Å². The maximum Gasteiger partial charge on any atom is 0.303 e. The van der Waals surface area contributed by atoms with E-state index in [1.54, 1.807) is 6.20 Å². The number of fused-ring (bicyclic) bond motifs is 1. The highest BCUT2D eigenvalue weighted by Gasteiger charge is 2.10. The van der Waals surface area contributed by atoms with E-state index in [2.05, 4.69) is 10.3 Å². The van der Waals surface area contributed by atoms with Crippen LogP contribution in [0.5, 0.6) is 0 Å². The standard InChI is InChI=1S/C15H18N4O5/c20-14(16-7-3-1-2-4-15(21)22)8-11-9-18-10-12(19(23)24)5-6-13(18)17-11/h5-6,9-10H,1-4,7-8H2,(H,16,20)(H,21,22). The zero-order chi connectivity index (χ0) is 17.5. The van der Waals surface area contributed by atoms with Crippen LogP contribution in [0.3, 0.4) is 0 Å². The molecular formula is C15H18N4O5. The Kier molecular flexibility index (Phi) is 5.83. The second-order valence-corrected chi connectivity index (χ2v) is 5.37. The highest BCUT2D eigenvalue weighted by Crippen LogP contribution is 2.13. The van der Waals surface area contributed by atoms with Crippen molar-refractivity contribution in [2.45, 2.75) is 32.1 Å². The van der Waals surface area contributed by atoms with Crippen molar-refractivity contribution in [2.24, 2.45) is 0 Å². The second-order valence-electron chi connectivity index (χ2n) is 5.37. The van der Waals surface area contributed by atoms with Gasteiger partial charge in [-0.1, -0.05) is 6.42 Å². The number of imidazole rings is 1. The average molecular weight is 334 g/mol. The number of carbonyl (C=O) groups excluding carboxylic acids is 1. The number of unbranched alkanes of at least 4 members (excludes halogenated alkanes) is 2. The van der Waals surface area contributed by atoms with Gasteiger partial charge >= 0.3 is 5.97 Å². The van der Waals surface area contributed by atoms with Crippen molar-refractivity contribution in [3.63, 3.8) is 0 Å². The fourth-order valence-corrected chi connectivity index (χ4v) is 2.26. The van der Waals surface area contributed by atoms with E-state index in [1.807, 2.05) is 0 Å². The first kappa shape index (κ1) is 17.4. The summed E-state index contributed by atoms with van der Waals surface area (Å²) in [5.74, 6) is -1.00.